The summed E-state index contributed by atoms with van der Waals surface area (Å²) in [5.41, 5.74) is 6.73. The molecule has 0 radical (unpaired) electrons. The number of nitrogens with zero attached hydrogens (tertiary/aromatic N) is 2. The van der Waals surface area contributed by atoms with E-state index in [0.29, 0.717) is 6.04 Å². The number of hydrogen-bond acceptors (Lipinski definition) is 3. The molecule has 0 amide bonds. The highest BCUT2D eigenvalue weighted by Crippen LogP contribution is 2.32. The van der Waals surface area contributed by atoms with Crippen molar-refractivity contribution in [2.45, 2.75) is 33.2 Å². The number of nitrogens with one attached hydrogen (secondary N) is 1. The predicted octanol–water partition coefficient (Wildman–Crippen LogP) is 3.39. The van der Waals surface area contributed by atoms with E-state index < -0.39 is 0 Å². The summed E-state index contributed by atoms with van der Waals surface area (Å²) in [6.07, 6.45) is 5.11. The van der Waals surface area contributed by atoms with Gasteiger partial charge in [-0.15, -0.1) is 0 Å². The number of rotatable bonds is 3. The van der Waals surface area contributed by atoms with E-state index in [1.165, 1.54) is 34.2 Å². The summed E-state index contributed by atoms with van der Waals surface area (Å²) in [6, 6.07) is 9.45. The fraction of sp³-hybridized carbons (Fsp3) is 0.450. The van der Waals surface area contributed by atoms with Gasteiger partial charge in [0.05, 0.1) is 6.04 Å². The Labute approximate surface area is 139 Å². The monoisotopic (exact) mass is 309 g/mol. The molecule has 122 valence electrons. The fourth-order valence-electron chi connectivity index (χ4n) is 3.67. The van der Waals surface area contributed by atoms with E-state index in [1.807, 2.05) is 12.4 Å². The average molecular weight is 309 g/mol. The Kier molecular flexibility index (Phi) is 5.09. The summed E-state index contributed by atoms with van der Waals surface area (Å²) in [6.45, 7) is 10.9. The van der Waals surface area contributed by atoms with Crippen LogP contribution in [0.4, 0.5) is 0 Å². The highest BCUT2D eigenvalue weighted by molar-refractivity contribution is 5.39. The van der Waals surface area contributed by atoms with Crippen molar-refractivity contribution in [1.82, 2.24) is 15.2 Å². The zero-order valence-corrected chi connectivity index (χ0v) is 14.5. The highest BCUT2D eigenvalue weighted by Gasteiger charge is 2.24. The summed E-state index contributed by atoms with van der Waals surface area (Å²) < 4.78 is 0. The van der Waals surface area contributed by atoms with E-state index in [2.05, 4.69) is 60.2 Å². The van der Waals surface area contributed by atoms with Gasteiger partial charge in [0.25, 0.3) is 0 Å². The molecule has 1 aliphatic heterocycles. The maximum atomic E-state index is 4.29. The van der Waals surface area contributed by atoms with Gasteiger partial charge in [-0.1, -0.05) is 29.3 Å². The standard InChI is InChI=1S/C20H27N3/c1-15-11-16(2)13-18(12-15)20(19-5-7-22-14-17(19)3)23-9-4-6-21-8-10-23/h5,7,11-14,20-21H,4,6,8-10H2,1-3H3. The first kappa shape index (κ1) is 16.2. The van der Waals surface area contributed by atoms with Gasteiger partial charge >= 0.3 is 0 Å². The summed E-state index contributed by atoms with van der Waals surface area (Å²) >= 11 is 0. The number of benzene rings is 1. The van der Waals surface area contributed by atoms with Crippen LogP contribution in [-0.4, -0.2) is 36.1 Å². The van der Waals surface area contributed by atoms with Crippen molar-refractivity contribution in [3.05, 3.63) is 64.5 Å². The molecule has 1 aromatic heterocycles. The molecule has 0 aliphatic carbocycles. The van der Waals surface area contributed by atoms with Crippen LogP contribution in [0, 0.1) is 20.8 Å². The number of aryl methyl sites for hydroxylation is 3. The van der Waals surface area contributed by atoms with Crippen molar-refractivity contribution in [1.29, 1.82) is 0 Å². The van der Waals surface area contributed by atoms with Gasteiger partial charge in [-0.2, -0.15) is 0 Å². The number of hydrogen-bond donors (Lipinski definition) is 1. The van der Waals surface area contributed by atoms with Gasteiger partial charge in [-0.05, 0) is 56.5 Å². The molecule has 2 heterocycles. The average Bonchev–Trinajstić information content (AvgIpc) is 2.78. The molecule has 1 unspecified atom stereocenters. The van der Waals surface area contributed by atoms with Gasteiger partial charge in [0.1, 0.15) is 0 Å². The van der Waals surface area contributed by atoms with Gasteiger partial charge in [0, 0.05) is 32.0 Å². The Bertz CT molecular complexity index is 637. The second-order valence-electron chi connectivity index (χ2n) is 6.70. The van der Waals surface area contributed by atoms with Crippen molar-refractivity contribution < 1.29 is 0 Å². The van der Waals surface area contributed by atoms with Crippen LogP contribution in [0.3, 0.4) is 0 Å². The molecule has 1 aliphatic rings. The minimum absolute atomic E-state index is 0.316. The van der Waals surface area contributed by atoms with Gasteiger partial charge in [0.15, 0.2) is 0 Å². The van der Waals surface area contributed by atoms with Gasteiger partial charge in [-0.25, -0.2) is 0 Å². The van der Waals surface area contributed by atoms with Crippen LogP contribution in [0.5, 0.6) is 0 Å². The van der Waals surface area contributed by atoms with E-state index in [9.17, 15) is 0 Å². The molecule has 1 atom stereocenters. The summed E-state index contributed by atoms with van der Waals surface area (Å²) in [7, 11) is 0. The van der Waals surface area contributed by atoms with Crippen LogP contribution >= 0.6 is 0 Å². The van der Waals surface area contributed by atoms with E-state index in [1.54, 1.807) is 0 Å². The van der Waals surface area contributed by atoms with Crippen LogP contribution in [0.25, 0.3) is 0 Å². The summed E-state index contributed by atoms with van der Waals surface area (Å²) in [5.74, 6) is 0. The molecule has 1 aromatic carbocycles. The first-order chi connectivity index (χ1) is 11.1. The van der Waals surface area contributed by atoms with Crippen molar-refractivity contribution in [2.24, 2.45) is 0 Å². The summed E-state index contributed by atoms with van der Waals surface area (Å²) in [4.78, 5) is 6.91. The maximum absolute atomic E-state index is 4.29. The quantitative estimate of drug-likeness (QED) is 0.942. The van der Waals surface area contributed by atoms with Crippen LogP contribution in [-0.2, 0) is 0 Å². The van der Waals surface area contributed by atoms with Gasteiger partial charge < -0.3 is 5.32 Å². The van der Waals surface area contributed by atoms with Gasteiger partial charge in [0.2, 0.25) is 0 Å². The van der Waals surface area contributed by atoms with Crippen LogP contribution in [0.15, 0.2) is 36.7 Å². The SMILES string of the molecule is Cc1cc(C)cc(C(c2ccncc2C)N2CCCNCC2)c1. The normalized spacial score (nSPS) is 17.7. The van der Waals surface area contributed by atoms with E-state index in [0.717, 1.165) is 26.2 Å². The first-order valence-electron chi connectivity index (χ1n) is 8.58. The molecule has 1 N–H and O–H groups in total. The molecule has 0 saturated carbocycles. The molecular formula is C20H27N3. The molecule has 3 rings (SSSR count). The molecular weight excluding hydrogens is 282 g/mol. The molecule has 1 saturated heterocycles. The third-order valence-electron chi connectivity index (χ3n) is 4.66. The zero-order chi connectivity index (χ0) is 16.2. The third-order valence-corrected chi connectivity index (χ3v) is 4.66. The van der Waals surface area contributed by atoms with Crippen molar-refractivity contribution in [3.63, 3.8) is 0 Å². The largest absolute Gasteiger partial charge is 0.315 e. The van der Waals surface area contributed by atoms with Crippen LogP contribution in [0.1, 0.15) is 40.3 Å². The molecule has 0 spiro atoms. The predicted molar refractivity (Wildman–Crippen MR) is 95.8 cm³/mol. The van der Waals surface area contributed by atoms with Crippen molar-refractivity contribution in [3.8, 4) is 0 Å². The topological polar surface area (TPSA) is 28.2 Å². The smallest absolute Gasteiger partial charge is 0.0606 e. The highest BCUT2D eigenvalue weighted by atomic mass is 15.2. The molecule has 23 heavy (non-hydrogen) atoms. The van der Waals surface area contributed by atoms with E-state index in [4.69, 9.17) is 0 Å². The molecule has 3 heteroatoms. The second kappa shape index (κ2) is 7.24. The lowest BCUT2D eigenvalue weighted by atomic mass is 9.92. The minimum atomic E-state index is 0.316. The lowest BCUT2D eigenvalue weighted by Gasteiger charge is -2.32. The lowest BCUT2D eigenvalue weighted by molar-refractivity contribution is 0.240. The number of pyridine rings is 1. The second-order valence-corrected chi connectivity index (χ2v) is 6.70. The summed E-state index contributed by atoms with van der Waals surface area (Å²) in [5, 5.41) is 3.52. The van der Waals surface area contributed by atoms with E-state index >= 15 is 0 Å². The Balaban J connectivity index is 2.07. The Morgan fingerprint density at radius 1 is 1.04 bits per heavy atom. The maximum Gasteiger partial charge on any atom is 0.0606 e. The lowest BCUT2D eigenvalue weighted by Crippen LogP contribution is -2.33. The Morgan fingerprint density at radius 2 is 1.83 bits per heavy atom. The van der Waals surface area contributed by atoms with Crippen molar-refractivity contribution in [2.75, 3.05) is 26.2 Å². The number of aromatic nitrogens is 1. The zero-order valence-electron chi connectivity index (χ0n) is 14.5. The Hall–Kier alpha value is -1.71. The minimum Gasteiger partial charge on any atom is -0.315 e. The fourth-order valence-corrected chi connectivity index (χ4v) is 3.67. The molecule has 1 fully saturated rings. The van der Waals surface area contributed by atoms with E-state index in [-0.39, 0.29) is 0 Å². The Morgan fingerprint density at radius 3 is 2.57 bits per heavy atom. The third kappa shape index (κ3) is 3.80. The van der Waals surface area contributed by atoms with Crippen molar-refractivity contribution >= 4 is 0 Å². The molecule has 2 aromatic rings. The molecule has 3 nitrogen and oxygen atoms in total. The molecule has 0 bridgehead atoms. The van der Waals surface area contributed by atoms with Crippen LogP contribution < -0.4 is 5.32 Å². The van der Waals surface area contributed by atoms with Gasteiger partial charge in [-0.3, -0.25) is 9.88 Å². The first-order valence-corrected chi connectivity index (χ1v) is 8.58. The van der Waals surface area contributed by atoms with Crippen LogP contribution in [0.2, 0.25) is 0 Å².